The van der Waals surface area contributed by atoms with Crippen LogP contribution in [0.3, 0.4) is 0 Å². The molecule has 2 rings (SSSR count). The Balaban J connectivity index is 1.72. The number of carbonyl (C=O) groups is 1. The summed E-state index contributed by atoms with van der Waals surface area (Å²) in [5.74, 6) is -0.386. The molecule has 428 valence electrons. The molecule has 0 bridgehead atoms. The SMILES string of the molecule is CC/C=C\C/C=C\C/C=C\C/C=C\CCCCCCCCCCCCC(=O)OC(COCCCCCCCC/C=C\C/C=C\CCCCCC)COC1OC(COC2OC(CO)C(O)C(O)C2O)C(O)C(O)C1O. The average molecular weight is 1050 g/mol. The molecule has 11 atom stereocenters. The van der Waals surface area contributed by atoms with Crippen molar-refractivity contribution in [3.05, 3.63) is 72.9 Å². The van der Waals surface area contributed by atoms with E-state index in [1.165, 1.54) is 83.5 Å². The minimum Gasteiger partial charge on any atom is -0.457 e. The number of aliphatic hydroxyl groups is 7. The van der Waals surface area contributed by atoms with Gasteiger partial charge in [-0.3, -0.25) is 4.79 Å². The zero-order chi connectivity index (χ0) is 53.7. The number of ether oxygens (including phenoxy) is 6. The number of hydrogen-bond acceptors (Lipinski definition) is 14. The van der Waals surface area contributed by atoms with Crippen LogP contribution in [0, 0.1) is 0 Å². The zero-order valence-corrected chi connectivity index (χ0v) is 45.8. The van der Waals surface area contributed by atoms with Crippen molar-refractivity contribution < 1.29 is 69.0 Å². The first-order chi connectivity index (χ1) is 36.1. The van der Waals surface area contributed by atoms with E-state index < -0.39 is 80.7 Å². The highest BCUT2D eigenvalue weighted by Crippen LogP contribution is 2.26. The van der Waals surface area contributed by atoms with Crippen LogP contribution in [0.5, 0.6) is 0 Å². The van der Waals surface area contributed by atoms with Gasteiger partial charge < -0.3 is 64.2 Å². The Labute approximate surface area is 447 Å². The number of hydrogen-bond donors (Lipinski definition) is 7. The second-order valence-corrected chi connectivity index (χ2v) is 20.1. The van der Waals surface area contributed by atoms with Crippen molar-refractivity contribution in [3.8, 4) is 0 Å². The smallest absolute Gasteiger partial charge is 0.306 e. The van der Waals surface area contributed by atoms with Crippen LogP contribution in [-0.4, -0.2) is 142 Å². The van der Waals surface area contributed by atoms with E-state index in [0.29, 0.717) is 13.0 Å². The van der Waals surface area contributed by atoms with Crippen molar-refractivity contribution in [1.29, 1.82) is 0 Å². The Morgan fingerprint density at radius 1 is 0.459 bits per heavy atom. The molecule has 2 fully saturated rings. The highest BCUT2D eigenvalue weighted by Gasteiger charge is 2.47. The van der Waals surface area contributed by atoms with Crippen molar-refractivity contribution in [2.45, 2.75) is 268 Å². The molecule has 0 amide bonds. The highest BCUT2D eigenvalue weighted by molar-refractivity contribution is 5.69. The predicted octanol–water partition coefficient (Wildman–Crippen LogP) is 10.2. The van der Waals surface area contributed by atoms with Gasteiger partial charge in [-0.25, -0.2) is 0 Å². The Bertz CT molecular complexity index is 1500. The fourth-order valence-electron chi connectivity index (χ4n) is 8.78. The Kier molecular flexibility index (Phi) is 42.5. The van der Waals surface area contributed by atoms with Crippen LogP contribution >= 0.6 is 0 Å². The molecule has 2 heterocycles. The first-order valence-corrected chi connectivity index (χ1v) is 29.0. The molecule has 0 aromatic heterocycles. The summed E-state index contributed by atoms with van der Waals surface area (Å²) in [7, 11) is 0. The minimum atomic E-state index is -1.71. The van der Waals surface area contributed by atoms with E-state index in [-0.39, 0.29) is 25.6 Å². The maximum atomic E-state index is 13.1. The van der Waals surface area contributed by atoms with Crippen molar-refractivity contribution in [3.63, 3.8) is 0 Å². The van der Waals surface area contributed by atoms with E-state index in [1.807, 2.05) is 0 Å². The molecule has 14 nitrogen and oxygen atoms in total. The maximum absolute atomic E-state index is 13.1. The van der Waals surface area contributed by atoms with Gasteiger partial charge in [-0.15, -0.1) is 0 Å². The largest absolute Gasteiger partial charge is 0.457 e. The number of esters is 1. The number of unbranched alkanes of at least 4 members (excludes halogenated alkanes) is 20. The molecule has 7 N–H and O–H groups in total. The van der Waals surface area contributed by atoms with Gasteiger partial charge >= 0.3 is 5.97 Å². The van der Waals surface area contributed by atoms with Crippen molar-refractivity contribution in [1.82, 2.24) is 0 Å². The monoisotopic (exact) mass is 1050 g/mol. The highest BCUT2D eigenvalue weighted by atomic mass is 16.7. The third kappa shape index (κ3) is 32.9. The van der Waals surface area contributed by atoms with E-state index in [4.69, 9.17) is 28.4 Å². The zero-order valence-electron chi connectivity index (χ0n) is 45.8. The summed E-state index contributed by atoms with van der Waals surface area (Å²) >= 11 is 0. The summed E-state index contributed by atoms with van der Waals surface area (Å²) in [6.45, 7) is 3.53. The van der Waals surface area contributed by atoms with Crippen LogP contribution in [0.4, 0.5) is 0 Å². The molecule has 2 saturated heterocycles. The Morgan fingerprint density at radius 3 is 1.38 bits per heavy atom. The molecule has 0 aromatic rings. The normalized spacial score (nSPS) is 25.3. The third-order valence-electron chi connectivity index (χ3n) is 13.4. The van der Waals surface area contributed by atoms with Gasteiger partial charge in [0.05, 0.1) is 26.4 Å². The molecular weight excluding hydrogens is 945 g/mol. The molecule has 14 heteroatoms. The lowest BCUT2D eigenvalue weighted by Crippen LogP contribution is -2.61. The van der Waals surface area contributed by atoms with Gasteiger partial charge in [-0.05, 0) is 83.5 Å². The number of rotatable bonds is 46. The van der Waals surface area contributed by atoms with E-state index in [0.717, 1.165) is 89.9 Å². The molecular formula is C60H104O14. The Morgan fingerprint density at radius 2 is 0.878 bits per heavy atom. The van der Waals surface area contributed by atoms with Crippen LogP contribution in [0.2, 0.25) is 0 Å². The van der Waals surface area contributed by atoms with Gasteiger partial charge in [0.1, 0.15) is 54.9 Å². The summed E-state index contributed by atoms with van der Waals surface area (Å²) < 4.78 is 34.4. The van der Waals surface area contributed by atoms with E-state index >= 15 is 0 Å². The van der Waals surface area contributed by atoms with Gasteiger partial charge in [0, 0.05) is 13.0 Å². The standard InChI is InChI=1S/C60H104O14/c1-3-5-7-9-11-13-15-17-19-21-22-23-24-25-26-27-29-31-33-35-37-39-41-43-52(62)72-49(46-69-44-42-40-38-36-34-32-30-28-20-18-16-14-12-10-8-6-4-2)47-70-59-58(68)56(66)54(64)51(74-59)48-71-60-57(67)55(65)53(63)50(45-61)73-60/h5,7,11,13-14,16-17,19-20,22-23,28,49-51,53-61,63-68H,3-4,6,8-10,12,15,18,21,24-27,29-48H2,1-2H3/b7-5-,13-11-,16-14-,19-17-,23-22-,28-20-. The molecule has 74 heavy (non-hydrogen) atoms. The minimum absolute atomic E-state index is 0.0498. The lowest BCUT2D eigenvalue weighted by atomic mass is 9.98. The van der Waals surface area contributed by atoms with Crippen LogP contribution < -0.4 is 0 Å². The van der Waals surface area contributed by atoms with Gasteiger partial charge in [-0.1, -0.05) is 183 Å². The molecule has 2 aliphatic rings. The van der Waals surface area contributed by atoms with Crippen molar-refractivity contribution in [2.75, 3.05) is 33.0 Å². The molecule has 0 saturated carbocycles. The van der Waals surface area contributed by atoms with E-state index in [2.05, 4.69) is 86.8 Å². The van der Waals surface area contributed by atoms with Crippen molar-refractivity contribution >= 4 is 5.97 Å². The lowest BCUT2D eigenvalue weighted by Gasteiger charge is -2.42. The van der Waals surface area contributed by atoms with Gasteiger partial charge in [0.25, 0.3) is 0 Å². The average Bonchev–Trinajstić information content (AvgIpc) is 3.40. The molecule has 11 unspecified atom stereocenters. The molecule has 0 radical (unpaired) electrons. The third-order valence-corrected chi connectivity index (χ3v) is 13.4. The number of allylic oxidation sites excluding steroid dienone is 12. The summed E-state index contributed by atoms with van der Waals surface area (Å²) in [6, 6.07) is 0. The van der Waals surface area contributed by atoms with E-state index in [9.17, 15) is 40.5 Å². The van der Waals surface area contributed by atoms with Gasteiger partial charge in [-0.2, -0.15) is 0 Å². The predicted molar refractivity (Wildman–Crippen MR) is 293 cm³/mol. The number of aliphatic hydroxyl groups excluding tert-OH is 7. The quantitative estimate of drug-likeness (QED) is 0.0172. The first kappa shape index (κ1) is 67.5. The second kappa shape index (κ2) is 46.5. The van der Waals surface area contributed by atoms with Crippen LogP contribution in [0.25, 0.3) is 0 Å². The van der Waals surface area contributed by atoms with E-state index in [1.54, 1.807) is 0 Å². The first-order valence-electron chi connectivity index (χ1n) is 29.0. The molecule has 0 spiro atoms. The van der Waals surface area contributed by atoms with Crippen LogP contribution in [-0.2, 0) is 33.2 Å². The van der Waals surface area contributed by atoms with Gasteiger partial charge in [0.2, 0.25) is 0 Å². The fourth-order valence-corrected chi connectivity index (χ4v) is 8.78. The fraction of sp³-hybridized carbons (Fsp3) is 0.783. The van der Waals surface area contributed by atoms with Crippen molar-refractivity contribution in [2.24, 2.45) is 0 Å². The molecule has 0 aromatic carbocycles. The summed E-state index contributed by atoms with van der Waals surface area (Å²) in [5.41, 5.74) is 0. The van der Waals surface area contributed by atoms with Crippen LogP contribution in [0.1, 0.15) is 200 Å². The second-order valence-electron chi connectivity index (χ2n) is 20.1. The summed E-state index contributed by atoms with van der Waals surface area (Å²) in [6.07, 6.45) is 42.4. The topological polar surface area (TPSA) is 214 Å². The molecule has 2 aliphatic heterocycles. The maximum Gasteiger partial charge on any atom is 0.306 e. The Hall–Kier alpha value is -2.57. The molecule has 0 aliphatic carbocycles. The summed E-state index contributed by atoms with van der Waals surface area (Å²) in [5, 5.41) is 72.3. The van der Waals surface area contributed by atoms with Gasteiger partial charge in [0.15, 0.2) is 12.6 Å². The van der Waals surface area contributed by atoms with Crippen LogP contribution in [0.15, 0.2) is 72.9 Å². The lowest BCUT2D eigenvalue weighted by molar-refractivity contribution is -0.332. The summed E-state index contributed by atoms with van der Waals surface area (Å²) in [4.78, 5) is 13.1. The number of carbonyl (C=O) groups excluding carboxylic acids is 1.